The Bertz CT molecular complexity index is 1710. The van der Waals surface area contributed by atoms with Crippen LogP contribution in [-0.4, -0.2) is 84.0 Å². The second-order valence-electron chi connectivity index (χ2n) is 8.92. The van der Waals surface area contributed by atoms with Gasteiger partial charge in [0.15, 0.2) is 11.5 Å². The molecule has 0 aliphatic carbocycles. The minimum Gasteiger partial charge on any atom is -0.494 e. The maximum Gasteiger partial charge on any atom is 0.240 e. The average molecular weight is 536 g/mol. The third-order valence-electron chi connectivity index (χ3n) is 6.15. The van der Waals surface area contributed by atoms with E-state index in [9.17, 15) is 8.42 Å². The lowest BCUT2D eigenvalue weighted by Gasteiger charge is -2.12. The van der Waals surface area contributed by atoms with Gasteiger partial charge in [0.1, 0.15) is 11.4 Å². The topological polar surface area (TPSA) is 132 Å². The summed E-state index contributed by atoms with van der Waals surface area (Å²) in [6.07, 6.45) is 7.98. The third kappa shape index (κ3) is 4.78. The Balaban J connectivity index is 1.65. The molecule has 0 aliphatic rings. The molecule has 0 bridgehead atoms. The van der Waals surface area contributed by atoms with Crippen molar-refractivity contribution in [2.24, 2.45) is 0 Å². The number of aromatic nitrogens is 6. The molecular formula is C25H29N9O3S. The minimum atomic E-state index is -3.65. The average Bonchev–Trinajstić information content (AvgIpc) is 3.52. The number of ether oxygens (including phenoxy) is 1. The highest BCUT2D eigenvalue weighted by molar-refractivity contribution is 7.89. The Morgan fingerprint density at radius 1 is 1.13 bits per heavy atom. The van der Waals surface area contributed by atoms with Gasteiger partial charge in [-0.1, -0.05) is 0 Å². The van der Waals surface area contributed by atoms with Gasteiger partial charge in [0.25, 0.3) is 0 Å². The van der Waals surface area contributed by atoms with Crippen LogP contribution in [-0.2, 0) is 10.0 Å². The molecule has 0 spiro atoms. The minimum absolute atomic E-state index is 0.0962. The number of sulfonamides is 1. The molecule has 2 N–H and O–H groups in total. The number of hydrogen-bond donors (Lipinski definition) is 2. The molecule has 0 unspecified atom stereocenters. The Morgan fingerprint density at radius 3 is 2.74 bits per heavy atom. The number of methoxy groups -OCH3 is 1. The summed E-state index contributed by atoms with van der Waals surface area (Å²) in [6.45, 7) is 1.66. The zero-order chi connectivity index (χ0) is 26.9. The van der Waals surface area contributed by atoms with Gasteiger partial charge < -0.3 is 15.0 Å². The molecule has 0 radical (unpaired) electrons. The van der Waals surface area contributed by atoms with Crippen LogP contribution in [0.1, 0.15) is 6.42 Å². The molecule has 38 heavy (non-hydrogen) atoms. The van der Waals surface area contributed by atoms with Crippen molar-refractivity contribution in [3.8, 4) is 22.7 Å². The number of anilines is 1. The zero-order valence-corrected chi connectivity index (χ0v) is 22.4. The van der Waals surface area contributed by atoms with Crippen LogP contribution in [0.15, 0.2) is 60.0 Å². The van der Waals surface area contributed by atoms with Crippen LogP contribution in [0.4, 0.5) is 5.82 Å². The number of hydrogen-bond acceptors (Lipinski definition) is 9. The standard InChI is InChI=1S/C25H29N9O3S/c1-26-38(35,36)17-7-8-21(23(13-17)37-4)34-22-14-20(18-16-30-33-12-6-10-28-25(18)33)29-15-19(22)24(31-34)27-9-5-11-32(2)3/h6-8,10,12-16,26H,5,9,11H2,1-4H3,(H,27,31). The molecule has 198 valence electrons. The van der Waals surface area contributed by atoms with Crippen LogP contribution in [0.5, 0.6) is 5.75 Å². The molecule has 13 heteroatoms. The van der Waals surface area contributed by atoms with Crippen molar-refractivity contribution in [3.63, 3.8) is 0 Å². The highest BCUT2D eigenvalue weighted by Gasteiger charge is 2.20. The summed E-state index contributed by atoms with van der Waals surface area (Å²) in [5, 5.41) is 13.5. The largest absolute Gasteiger partial charge is 0.494 e. The number of pyridine rings is 1. The van der Waals surface area contributed by atoms with Gasteiger partial charge in [-0.05, 0) is 58.4 Å². The van der Waals surface area contributed by atoms with Gasteiger partial charge in [-0.25, -0.2) is 27.3 Å². The lowest BCUT2D eigenvalue weighted by Crippen LogP contribution is -2.18. The summed E-state index contributed by atoms with van der Waals surface area (Å²) >= 11 is 0. The molecule has 0 amide bonds. The van der Waals surface area contributed by atoms with E-state index in [1.165, 1.54) is 26.3 Å². The molecule has 4 aromatic heterocycles. The highest BCUT2D eigenvalue weighted by Crippen LogP contribution is 2.33. The number of benzene rings is 1. The van der Waals surface area contributed by atoms with E-state index in [1.807, 2.05) is 32.4 Å². The van der Waals surface area contributed by atoms with Crippen molar-refractivity contribution in [2.75, 3.05) is 46.7 Å². The highest BCUT2D eigenvalue weighted by atomic mass is 32.2. The van der Waals surface area contributed by atoms with Gasteiger partial charge in [-0.3, -0.25) is 4.98 Å². The van der Waals surface area contributed by atoms with Crippen molar-refractivity contribution in [1.82, 2.24) is 39.0 Å². The Labute approximate surface area is 220 Å². The lowest BCUT2D eigenvalue weighted by molar-refractivity contribution is 0.405. The summed E-state index contributed by atoms with van der Waals surface area (Å²) in [6, 6.07) is 8.43. The Hall–Kier alpha value is -4.07. The number of rotatable bonds is 10. The lowest BCUT2D eigenvalue weighted by atomic mass is 10.2. The molecule has 0 aliphatic heterocycles. The molecule has 4 heterocycles. The fourth-order valence-corrected chi connectivity index (χ4v) is 4.94. The molecular weight excluding hydrogens is 506 g/mol. The fraction of sp³-hybridized carbons (Fsp3) is 0.280. The monoisotopic (exact) mass is 535 g/mol. The number of nitrogens with one attached hydrogen (secondary N) is 2. The van der Waals surface area contributed by atoms with Crippen LogP contribution in [0, 0.1) is 0 Å². The van der Waals surface area contributed by atoms with E-state index in [-0.39, 0.29) is 4.90 Å². The smallest absolute Gasteiger partial charge is 0.240 e. The summed E-state index contributed by atoms with van der Waals surface area (Å²) < 4.78 is 36.1. The molecule has 5 aromatic rings. The fourth-order valence-electron chi connectivity index (χ4n) is 4.20. The molecule has 0 fully saturated rings. The van der Waals surface area contributed by atoms with Gasteiger partial charge >= 0.3 is 0 Å². The molecule has 1 aromatic carbocycles. The van der Waals surface area contributed by atoms with Gasteiger partial charge in [0.05, 0.1) is 40.4 Å². The van der Waals surface area contributed by atoms with Crippen LogP contribution < -0.4 is 14.8 Å². The first-order valence-electron chi connectivity index (χ1n) is 12.0. The maximum absolute atomic E-state index is 12.4. The van der Waals surface area contributed by atoms with E-state index in [2.05, 4.69) is 25.0 Å². The van der Waals surface area contributed by atoms with Gasteiger partial charge in [0.2, 0.25) is 10.0 Å². The van der Waals surface area contributed by atoms with Crippen molar-refractivity contribution in [1.29, 1.82) is 0 Å². The van der Waals surface area contributed by atoms with E-state index < -0.39 is 10.0 Å². The van der Waals surface area contributed by atoms with Crippen LogP contribution in [0.2, 0.25) is 0 Å². The summed E-state index contributed by atoms with van der Waals surface area (Å²) in [7, 11) is 3.29. The second-order valence-corrected chi connectivity index (χ2v) is 10.8. The van der Waals surface area contributed by atoms with Gasteiger partial charge in [-0.15, -0.1) is 5.10 Å². The Kier molecular flexibility index (Phi) is 6.97. The van der Waals surface area contributed by atoms with E-state index in [4.69, 9.17) is 14.8 Å². The first-order chi connectivity index (χ1) is 18.3. The molecule has 0 atom stereocenters. The van der Waals surface area contributed by atoms with Crippen molar-refractivity contribution < 1.29 is 13.2 Å². The summed E-state index contributed by atoms with van der Waals surface area (Å²) in [5.41, 5.74) is 3.50. The maximum atomic E-state index is 12.4. The molecule has 5 rings (SSSR count). The predicted octanol–water partition coefficient (Wildman–Crippen LogP) is 2.41. The number of fused-ring (bicyclic) bond motifs is 2. The van der Waals surface area contributed by atoms with Gasteiger partial charge in [0, 0.05) is 31.2 Å². The molecule has 12 nitrogen and oxygen atoms in total. The third-order valence-corrected chi connectivity index (χ3v) is 7.57. The molecule has 0 saturated carbocycles. The zero-order valence-electron chi connectivity index (χ0n) is 21.6. The summed E-state index contributed by atoms with van der Waals surface area (Å²) in [4.78, 5) is 11.4. The normalized spacial score (nSPS) is 12.0. The van der Waals surface area contributed by atoms with Gasteiger partial charge in [-0.2, -0.15) is 5.10 Å². The van der Waals surface area contributed by atoms with E-state index in [1.54, 1.807) is 33.9 Å². The first kappa shape index (κ1) is 25.6. The summed E-state index contributed by atoms with van der Waals surface area (Å²) in [5.74, 6) is 1.03. The van der Waals surface area contributed by atoms with Crippen LogP contribution in [0.3, 0.4) is 0 Å². The van der Waals surface area contributed by atoms with E-state index in [0.717, 1.165) is 36.0 Å². The Morgan fingerprint density at radius 2 is 1.97 bits per heavy atom. The van der Waals surface area contributed by atoms with Crippen LogP contribution in [0.25, 0.3) is 33.5 Å². The molecule has 0 saturated heterocycles. The first-order valence-corrected chi connectivity index (χ1v) is 13.5. The van der Waals surface area contributed by atoms with Crippen molar-refractivity contribution in [3.05, 3.63) is 55.1 Å². The second kappa shape index (κ2) is 10.4. The van der Waals surface area contributed by atoms with E-state index >= 15 is 0 Å². The quantitative estimate of drug-likeness (QED) is 0.259. The SMILES string of the molecule is CNS(=O)(=O)c1ccc(-n2nc(NCCCN(C)C)c3cnc(-c4cnn5cccnc45)cc32)c(OC)c1. The predicted molar refractivity (Wildman–Crippen MR) is 145 cm³/mol. The number of nitrogens with zero attached hydrogens (tertiary/aromatic N) is 7. The van der Waals surface area contributed by atoms with E-state index in [0.29, 0.717) is 28.6 Å². The van der Waals surface area contributed by atoms with Crippen molar-refractivity contribution >= 4 is 32.4 Å². The van der Waals surface area contributed by atoms with Crippen molar-refractivity contribution in [2.45, 2.75) is 11.3 Å². The van der Waals surface area contributed by atoms with Crippen LogP contribution >= 0.6 is 0 Å².